The van der Waals surface area contributed by atoms with E-state index in [9.17, 15) is 0 Å². The number of ether oxygens (including phenoxy) is 2. The molecule has 2 saturated heterocycles. The van der Waals surface area contributed by atoms with Gasteiger partial charge in [0.05, 0.1) is 30.6 Å². The van der Waals surface area contributed by atoms with Gasteiger partial charge in [0, 0.05) is 26.1 Å². The molecule has 0 saturated carbocycles. The van der Waals surface area contributed by atoms with Crippen molar-refractivity contribution in [3.05, 3.63) is 23.1 Å². The molecule has 1 aromatic heterocycles. The number of aliphatic imine (C=N–C) groups is 1. The van der Waals surface area contributed by atoms with Crippen LogP contribution < -0.4 is 16.4 Å². The molecule has 2 aliphatic heterocycles. The Hall–Kier alpha value is -1.90. The number of nitrogens with one attached hydrogen (secondary N) is 2. The lowest BCUT2D eigenvalue weighted by Gasteiger charge is -2.19. The van der Waals surface area contributed by atoms with Gasteiger partial charge in [0.2, 0.25) is 5.95 Å². The van der Waals surface area contributed by atoms with Crippen molar-refractivity contribution in [2.45, 2.75) is 24.7 Å². The van der Waals surface area contributed by atoms with E-state index < -0.39 is 0 Å². The minimum atomic E-state index is 0.0180. The molecule has 0 bridgehead atoms. The van der Waals surface area contributed by atoms with Crippen LogP contribution >= 0.6 is 11.6 Å². The van der Waals surface area contributed by atoms with Crippen LogP contribution in [-0.4, -0.2) is 54.7 Å². The van der Waals surface area contributed by atoms with E-state index in [1.807, 2.05) is 0 Å². The summed E-state index contributed by atoms with van der Waals surface area (Å²) in [5.74, 6) is 0.898. The molecular weight excluding hydrogens is 320 g/mol. The highest BCUT2D eigenvalue weighted by atomic mass is 35.5. The number of fused-ring (bicyclic) bond motifs is 1. The van der Waals surface area contributed by atoms with Gasteiger partial charge < -0.3 is 25.8 Å². The van der Waals surface area contributed by atoms with Crippen LogP contribution in [0.25, 0.3) is 0 Å². The number of allylic oxidation sites excluding steroid dienone is 1. The molecule has 8 nitrogen and oxygen atoms in total. The summed E-state index contributed by atoms with van der Waals surface area (Å²) in [6.45, 7) is 1.29. The molecule has 9 heteroatoms. The van der Waals surface area contributed by atoms with Crippen molar-refractivity contribution in [2.24, 2.45) is 10.7 Å². The van der Waals surface area contributed by atoms with Crippen molar-refractivity contribution in [1.29, 1.82) is 0 Å². The average Bonchev–Trinajstić information content (AvgIpc) is 3.15. The molecule has 1 aromatic rings. The summed E-state index contributed by atoms with van der Waals surface area (Å²) in [5, 5.41) is 6.69. The molecule has 2 aliphatic rings. The summed E-state index contributed by atoms with van der Waals surface area (Å²) in [6.07, 6.45) is 5.60. The number of nitrogens with two attached hydrogens (primary N) is 1. The fourth-order valence-corrected chi connectivity index (χ4v) is 2.83. The zero-order valence-electron chi connectivity index (χ0n) is 12.7. The summed E-state index contributed by atoms with van der Waals surface area (Å²) in [4.78, 5) is 12.4. The van der Waals surface area contributed by atoms with Crippen molar-refractivity contribution in [1.82, 2.24) is 9.97 Å². The van der Waals surface area contributed by atoms with Gasteiger partial charge in [-0.25, -0.2) is 4.98 Å². The van der Waals surface area contributed by atoms with Crippen LogP contribution in [0.5, 0.6) is 0 Å². The summed E-state index contributed by atoms with van der Waals surface area (Å²) in [5.41, 5.74) is 6.11. The molecule has 23 heavy (non-hydrogen) atoms. The number of halogens is 1. The van der Waals surface area contributed by atoms with Gasteiger partial charge in [-0.3, -0.25) is 4.99 Å². The Morgan fingerprint density at radius 3 is 3.17 bits per heavy atom. The highest BCUT2D eigenvalue weighted by Crippen LogP contribution is 2.30. The molecule has 4 N–H and O–H groups in total. The van der Waals surface area contributed by atoms with Crippen LogP contribution in [0.4, 0.5) is 11.8 Å². The van der Waals surface area contributed by atoms with Gasteiger partial charge in [-0.2, -0.15) is 4.98 Å². The van der Waals surface area contributed by atoms with Crippen LogP contribution in [0.15, 0.2) is 23.1 Å². The molecule has 0 aliphatic carbocycles. The molecule has 2 fully saturated rings. The van der Waals surface area contributed by atoms with Gasteiger partial charge in [0.1, 0.15) is 11.1 Å². The van der Waals surface area contributed by atoms with E-state index in [1.165, 1.54) is 12.4 Å². The molecule has 3 atom stereocenters. The minimum Gasteiger partial charge on any atom is -0.403 e. The van der Waals surface area contributed by atoms with Crippen LogP contribution in [0.2, 0.25) is 5.02 Å². The maximum absolute atomic E-state index is 6.19. The number of hydrogen-bond acceptors (Lipinski definition) is 8. The fourth-order valence-electron chi connectivity index (χ4n) is 2.68. The van der Waals surface area contributed by atoms with Gasteiger partial charge >= 0.3 is 0 Å². The van der Waals surface area contributed by atoms with Crippen LogP contribution in [0.1, 0.15) is 6.42 Å². The summed E-state index contributed by atoms with van der Waals surface area (Å²) < 4.78 is 11.4. The van der Waals surface area contributed by atoms with Gasteiger partial charge in [-0.15, -0.1) is 0 Å². The second kappa shape index (κ2) is 7.12. The number of rotatable bonds is 5. The molecular formula is C14H19ClN6O2. The topological polar surface area (TPSA) is 107 Å². The van der Waals surface area contributed by atoms with Crippen LogP contribution in [0.3, 0.4) is 0 Å². The maximum atomic E-state index is 6.19. The normalized spacial score (nSPS) is 27.4. The fraction of sp³-hybridized carbons (Fsp3) is 0.500. The average molecular weight is 339 g/mol. The van der Waals surface area contributed by atoms with Gasteiger partial charge in [-0.1, -0.05) is 11.6 Å². The van der Waals surface area contributed by atoms with Gasteiger partial charge in [-0.05, 0) is 6.42 Å². The second-order valence-corrected chi connectivity index (χ2v) is 5.68. The third-order valence-corrected chi connectivity index (χ3v) is 4.01. The third kappa shape index (κ3) is 3.54. The lowest BCUT2D eigenvalue weighted by Crippen LogP contribution is -2.34. The number of hydrogen-bond donors (Lipinski definition) is 3. The SMILES string of the molecule is CN=CC(=CN)Nc1ncc(Cl)c(N[C@@H]2COC3CCOC32)n1. The molecule has 3 heterocycles. The summed E-state index contributed by atoms with van der Waals surface area (Å²) >= 11 is 6.19. The molecule has 2 unspecified atom stereocenters. The maximum Gasteiger partial charge on any atom is 0.229 e. The number of nitrogens with zero attached hydrogens (tertiary/aromatic N) is 3. The van der Waals surface area contributed by atoms with Crippen molar-refractivity contribution >= 4 is 29.6 Å². The third-order valence-electron chi connectivity index (χ3n) is 3.74. The molecule has 0 radical (unpaired) electrons. The van der Waals surface area contributed by atoms with Crippen molar-refractivity contribution in [3.63, 3.8) is 0 Å². The first-order chi connectivity index (χ1) is 11.2. The first-order valence-electron chi connectivity index (χ1n) is 7.34. The number of anilines is 2. The standard InChI is InChI=1S/C14H19ClN6O2/c1-17-5-8(4-16)19-14-18-6-9(15)13(21-14)20-10-7-23-11-2-3-22-12(10)11/h4-6,10-12H,2-3,7,16H2,1H3,(H2,18,19,20,21)/t10-,11?,12?/m1/s1. The van der Waals surface area contributed by atoms with E-state index >= 15 is 0 Å². The first kappa shape index (κ1) is 16.0. The lowest BCUT2D eigenvalue weighted by atomic mass is 10.1. The largest absolute Gasteiger partial charge is 0.403 e. The number of aromatic nitrogens is 2. The zero-order valence-corrected chi connectivity index (χ0v) is 13.5. The Kier molecular flexibility index (Phi) is 4.94. The molecule has 0 aromatic carbocycles. The van der Waals surface area contributed by atoms with Gasteiger partial charge in [0.15, 0.2) is 5.82 Å². The Labute approximate surface area is 139 Å². The minimum absolute atomic E-state index is 0.0180. The van der Waals surface area contributed by atoms with Gasteiger partial charge in [0.25, 0.3) is 0 Å². The zero-order chi connectivity index (χ0) is 16.2. The molecule has 0 spiro atoms. The van der Waals surface area contributed by atoms with E-state index in [0.29, 0.717) is 29.1 Å². The quantitative estimate of drug-likeness (QED) is 0.688. The van der Waals surface area contributed by atoms with Crippen LogP contribution in [-0.2, 0) is 9.47 Å². The predicted molar refractivity (Wildman–Crippen MR) is 88.9 cm³/mol. The molecule has 3 rings (SSSR count). The molecule has 0 amide bonds. The Morgan fingerprint density at radius 1 is 1.52 bits per heavy atom. The Bertz CT molecular complexity index is 623. The summed E-state index contributed by atoms with van der Waals surface area (Å²) in [6, 6.07) is 0.0180. The predicted octanol–water partition coefficient (Wildman–Crippen LogP) is 1.01. The molecule has 124 valence electrons. The highest BCUT2D eigenvalue weighted by Gasteiger charge is 2.42. The van der Waals surface area contributed by atoms with E-state index in [1.54, 1.807) is 13.3 Å². The van der Waals surface area contributed by atoms with Crippen molar-refractivity contribution < 1.29 is 9.47 Å². The van der Waals surface area contributed by atoms with Crippen molar-refractivity contribution in [2.75, 3.05) is 30.9 Å². The smallest absolute Gasteiger partial charge is 0.229 e. The lowest BCUT2D eigenvalue weighted by molar-refractivity contribution is 0.0718. The Morgan fingerprint density at radius 2 is 2.39 bits per heavy atom. The highest BCUT2D eigenvalue weighted by molar-refractivity contribution is 6.32. The van der Waals surface area contributed by atoms with E-state index in [2.05, 4.69) is 25.6 Å². The Balaban J connectivity index is 1.73. The summed E-state index contributed by atoms with van der Waals surface area (Å²) in [7, 11) is 1.65. The monoisotopic (exact) mass is 338 g/mol. The first-order valence-corrected chi connectivity index (χ1v) is 7.72. The second-order valence-electron chi connectivity index (χ2n) is 5.27. The van der Waals surface area contributed by atoms with E-state index in [-0.39, 0.29) is 18.2 Å². The van der Waals surface area contributed by atoms with Crippen LogP contribution in [0, 0.1) is 0 Å². The van der Waals surface area contributed by atoms with E-state index in [0.717, 1.165) is 13.0 Å². The van der Waals surface area contributed by atoms with Crippen molar-refractivity contribution in [3.8, 4) is 0 Å². The van der Waals surface area contributed by atoms with E-state index in [4.69, 9.17) is 26.8 Å².